The van der Waals surface area contributed by atoms with E-state index in [2.05, 4.69) is 10.6 Å². The van der Waals surface area contributed by atoms with Crippen molar-refractivity contribution in [2.75, 3.05) is 39.6 Å². The van der Waals surface area contributed by atoms with Crippen LogP contribution in [0.3, 0.4) is 0 Å². The van der Waals surface area contributed by atoms with Gasteiger partial charge in [-0.2, -0.15) is 0 Å². The lowest BCUT2D eigenvalue weighted by atomic mass is 9.93. The van der Waals surface area contributed by atoms with Crippen molar-refractivity contribution in [2.24, 2.45) is 4.99 Å². The zero-order valence-corrected chi connectivity index (χ0v) is 22.8. The molecule has 2 aromatic rings. The highest BCUT2D eigenvalue weighted by molar-refractivity contribution is 8.16. The van der Waals surface area contributed by atoms with Gasteiger partial charge in [0.25, 0.3) is 5.91 Å². The Morgan fingerprint density at radius 2 is 1.89 bits per heavy atom. The van der Waals surface area contributed by atoms with E-state index in [1.165, 1.54) is 11.8 Å². The SMILES string of the molecule is COc1ccccc1NC(=O)C1=C(C)N=C2SC=C(CC(=O)NCCN(C)C)N2C1c1ccc(Cl)cc1. The number of fused-ring (bicyclic) bond motifs is 1. The number of methoxy groups -OCH3 is 1. The second-order valence-corrected chi connectivity index (χ2v) is 10.2. The van der Waals surface area contributed by atoms with Gasteiger partial charge in [-0.25, -0.2) is 4.99 Å². The smallest absolute Gasteiger partial charge is 0.256 e. The molecule has 0 aliphatic carbocycles. The van der Waals surface area contributed by atoms with Crippen molar-refractivity contribution >= 4 is 46.0 Å². The summed E-state index contributed by atoms with van der Waals surface area (Å²) in [5.74, 6) is 0.177. The molecular formula is C27H30ClN5O3S. The van der Waals surface area contributed by atoms with Crippen molar-refractivity contribution in [3.8, 4) is 5.75 Å². The van der Waals surface area contributed by atoms with Crippen LogP contribution in [0.2, 0.25) is 5.02 Å². The first kappa shape index (κ1) is 26.8. The summed E-state index contributed by atoms with van der Waals surface area (Å²) in [6.45, 7) is 3.13. The van der Waals surface area contributed by atoms with Crippen molar-refractivity contribution in [3.05, 3.63) is 81.5 Å². The minimum Gasteiger partial charge on any atom is -0.495 e. The van der Waals surface area contributed by atoms with E-state index < -0.39 is 6.04 Å². The predicted octanol–water partition coefficient (Wildman–Crippen LogP) is 4.63. The third kappa shape index (κ3) is 6.18. The van der Waals surface area contributed by atoms with Crippen LogP contribution in [0.4, 0.5) is 5.69 Å². The van der Waals surface area contributed by atoms with E-state index in [1.54, 1.807) is 31.4 Å². The fraction of sp³-hybridized carbons (Fsp3) is 0.296. The van der Waals surface area contributed by atoms with E-state index in [-0.39, 0.29) is 18.2 Å². The number of aliphatic imine (C=N–C) groups is 1. The molecule has 2 aliphatic heterocycles. The molecule has 1 atom stereocenters. The number of hydrogen-bond acceptors (Lipinski definition) is 7. The molecule has 194 valence electrons. The van der Waals surface area contributed by atoms with Crippen LogP contribution in [-0.2, 0) is 9.59 Å². The van der Waals surface area contributed by atoms with E-state index in [9.17, 15) is 9.59 Å². The van der Waals surface area contributed by atoms with Crippen molar-refractivity contribution in [3.63, 3.8) is 0 Å². The normalized spacial score (nSPS) is 16.8. The largest absolute Gasteiger partial charge is 0.495 e. The molecule has 0 bridgehead atoms. The highest BCUT2D eigenvalue weighted by Crippen LogP contribution is 2.45. The van der Waals surface area contributed by atoms with E-state index in [1.807, 2.05) is 60.5 Å². The molecule has 0 aromatic heterocycles. The number of para-hydroxylation sites is 2. The minimum absolute atomic E-state index is 0.0869. The van der Waals surface area contributed by atoms with Crippen molar-refractivity contribution in [2.45, 2.75) is 19.4 Å². The van der Waals surface area contributed by atoms with Gasteiger partial charge in [0.05, 0.1) is 36.5 Å². The highest BCUT2D eigenvalue weighted by atomic mass is 35.5. The number of nitrogens with zero attached hydrogens (tertiary/aromatic N) is 3. The number of hydrogen-bond donors (Lipinski definition) is 2. The number of amides is 2. The molecule has 2 N–H and O–H groups in total. The van der Waals surface area contributed by atoms with Crippen LogP contribution >= 0.6 is 23.4 Å². The van der Waals surface area contributed by atoms with Crippen LogP contribution in [0, 0.1) is 0 Å². The molecule has 10 heteroatoms. The number of nitrogens with one attached hydrogen (secondary N) is 2. The lowest BCUT2D eigenvalue weighted by molar-refractivity contribution is -0.120. The summed E-state index contributed by atoms with van der Waals surface area (Å²) in [6, 6.07) is 14.2. The Hall–Kier alpha value is -3.27. The van der Waals surface area contributed by atoms with E-state index in [0.717, 1.165) is 23.0 Å². The third-order valence-electron chi connectivity index (χ3n) is 6.01. The number of halogens is 1. The fourth-order valence-corrected chi connectivity index (χ4v) is 5.29. The van der Waals surface area contributed by atoms with Gasteiger partial charge in [-0.05, 0) is 56.3 Å². The molecule has 0 saturated carbocycles. The Morgan fingerprint density at radius 3 is 2.59 bits per heavy atom. The lowest BCUT2D eigenvalue weighted by Gasteiger charge is -2.36. The topological polar surface area (TPSA) is 86.3 Å². The molecule has 0 spiro atoms. The molecule has 4 rings (SSSR count). The van der Waals surface area contributed by atoms with Crippen LogP contribution in [0.15, 0.2) is 75.9 Å². The summed E-state index contributed by atoms with van der Waals surface area (Å²) in [5, 5.41) is 9.21. The van der Waals surface area contributed by atoms with Crippen molar-refractivity contribution in [1.29, 1.82) is 0 Å². The molecule has 2 heterocycles. The average molecular weight is 540 g/mol. The monoisotopic (exact) mass is 539 g/mol. The summed E-state index contributed by atoms with van der Waals surface area (Å²) >= 11 is 7.63. The van der Waals surface area contributed by atoms with Gasteiger partial charge in [0.15, 0.2) is 5.17 Å². The number of carbonyl (C=O) groups is 2. The Balaban J connectivity index is 1.67. The van der Waals surface area contributed by atoms with Gasteiger partial charge in [0.1, 0.15) is 5.75 Å². The number of carbonyl (C=O) groups excluding carboxylic acids is 2. The first-order valence-electron chi connectivity index (χ1n) is 11.8. The Labute approximate surface area is 226 Å². The fourth-order valence-electron chi connectivity index (χ4n) is 4.20. The van der Waals surface area contributed by atoms with Crippen molar-refractivity contribution < 1.29 is 14.3 Å². The van der Waals surface area contributed by atoms with Crippen LogP contribution in [0.5, 0.6) is 5.75 Å². The number of allylic oxidation sites excluding steroid dienone is 1. The van der Waals surface area contributed by atoms with Gasteiger partial charge >= 0.3 is 0 Å². The third-order valence-corrected chi connectivity index (χ3v) is 7.15. The van der Waals surface area contributed by atoms with E-state index >= 15 is 0 Å². The number of benzene rings is 2. The molecule has 0 fully saturated rings. The number of anilines is 1. The summed E-state index contributed by atoms with van der Waals surface area (Å²) in [7, 11) is 5.48. The van der Waals surface area contributed by atoms with Gasteiger partial charge in [0, 0.05) is 23.8 Å². The summed E-state index contributed by atoms with van der Waals surface area (Å²) in [5.41, 5.74) is 3.30. The predicted molar refractivity (Wildman–Crippen MR) is 150 cm³/mol. The molecule has 2 aliphatic rings. The standard InChI is InChI=1S/C27H30ClN5O3S/c1-17-24(26(35)31-21-7-5-6-8-22(21)36-4)25(18-9-11-19(28)12-10-18)33-20(16-37-27(33)30-17)15-23(34)29-13-14-32(2)3/h5-12,16,25H,13-15H2,1-4H3,(H,29,34)(H,31,35). The number of thioether (sulfide) groups is 1. The molecule has 0 radical (unpaired) electrons. The lowest BCUT2D eigenvalue weighted by Crippen LogP contribution is -2.39. The second kappa shape index (κ2) is 11.9. The molecule has 2 amide bonds. The van der Waals surface area contributed by atoms with Gasteiger partial charge in [-0.1, -0.05) is 47.6 Å². The molecule has 8 nitrogen and oxygen atoms in total. The summed E-state index contributed by atoms with van der Waals surface area (Å²) in [6.07, 6.45) is 0.171. The maximum absolute atomic E-state index is 13.8. The van der Waals surface area contributed by atoms with Gasteiger partial charge < -0.3 is 25.2 Å². The molecule has 2 aromatic carbocycles. The highest BCUT2D eigenvalue weighted by Gasteiger charge is 2.40. The van der Waals surface area contributed by atoms with Gasteiger partial charge in [-0.15, -0.1) is 0 Å². The Bertz CT molecular complexity index is 1270. The van der Waals surface area contributed by atoms with Crippen LogP contribution in [-0.4, -0.2) is 61.1 Å². The summed E-state index contributed by atoms with van der Waals surface area (Å²) in [4.78, 5) is 35.3. The first-order valence-corrected chi connectivity index (χ1v) is 13.1. The average Bonchev–Trinajstić information content (AvgIpc) is 3.25. The van der Waals surface area contributed by atoms with Crippen LogP contribution in [0.25, 0.3) is 0 Å². The van der Waals surface area contributed by atoms with Crippen LogP contribution < -0.4 is 15.4 Å². The quantitative estimate of drug-likeness (QED) is 0.483. The van der Waals surface area contributed by atoms with Crippen LogP contribution in [0.1, 0.15) is 24.9 Å². The van der Waals surface area contributed by atoms with Crippen molar-refractivity contribution in [1.82, 2.24) is 15.1 Å². The molecule has 1 unspecified atom stereocenters. The van der Waals surface area contributed by atoms with E-state index in [4.69, 9.17) is 21.3 Å². The zero-order valence-electron chi connectivity index (χ0n) is 21.2. The number of likely N-dealkylation sites (N-methyl/N-ethyl adjacent to an activating group) is 1. The van der Waals surface area contributed by atoms with Gasteiger partial charge in [0.2, 0.25) is 5.91 Å². The number of rotatable bonds is 9. The first-order chi connectivity index (χ1) is 17.8. The second-order valence-electron chi connectivity index (χ2n) is 8.93. The minimum atomic E-state index is -0.490. The van der Waals surface area contributed by atoms with E-state index in [0.29, 0.717) is 34.3 Å². The Kier molecular flexibility index (Phi) is 8.58. The zero-order chi connectivity index (χ0) is 26.5. The maximum atomic E-state index is 13.8. The molecule has 37 heavy (non-hydrogen) atoms. The summed E-state index contributed by atoms with van der Waals surface area (Å²) < 4.78 is 5.42. The maximum Gasteiger partial charge on any atom is 0.256 e. The molecule has 0 saturated heterocycles. The molecular weight excluding hydrogens is 510 g/mol. The Morgan fingerprint density at radius 1 is 1.16 bits per heavy atom. The number of ether oxygens (including phenoxy) is 1. The number of amidine groups is 1. The van der Waals surface area contributed by atoms with Gasteiger partial charge in [-0.3, -0.25) is 9.59 Å².